The van der Waals surface area contributed by atoms with Gasteiger partial charge in [0.2, 0.25) is 0 Å². The van der Waals surface area contributed by atoms with Crippen molar-refractivity contribution >= 4 is 11.5 Å². The van der Waals surface area contributed by atoms with E-state index in [-0.39, 0.29) is 17.2 Å². The van der Waals surface area contributed by atoms with Gasteiger partial charge in [0, 0.05) is 5.41 Å². The molecular weight excluding hydrogens is 281 g/mol. The van der Waals surface area contributed by atoms with Crippen LogP contribution in [0.4, 0.5) is 4.39 Å². The number of esters is 1. The Balaban J connectivity index is 1.44. The number of halogens is 1. The van der Waals surface area contributed by atoms with E-state index in [1.54, 1.807) is 6.07 Å². The van der Waals surface area contributed by atoms with Gasteiger partial charge in [-0.25, -0.2) is 9.18 Å². The molecule has 3 nitrogen and oxygen atoms in total. The van der Waals surface area contributed by atoms with Crippen molar-refractivity contribution < 1.29 is 13.9 Å². The maximum Gasteiger partial charge on any atom is 0.338 e. The first-order chi connectivity index (χ1) is 10.7. The second-order valence-electron chi connectivity index (χ2n) is 6.79. The van der Waals surface area contributed by atoms with Crippen molar-refractivity contribution in [2.24, 2.45) is 5.41 Å². The molecule has 0 radical (unpaired) electrons. The van der Waals surface area contributed by atoms with Crippen LogP contribution in [0.25, 0.3) is 5.57 Å². The standard InChI is InChI=1S/C18H20FNO2/c19-14-2-4-15-13(11-14)1-3-16(15)17(21)22-12-18-5-8-20(9-6-18)10-7-18/h2-4,11H,1,5-10,12H2. The number of piperidine rings is 3. The number of hydrogen-bond donors (Lipinski definition) is 0. The Kier molecular flexibility index (Phi) is 3.30. The molecule has 0 saturated carbocycles. The van der Waals surface area contributed by atoms with Gasteiger partial charge in [0.1, 0.15) is 5.82 Å². The Bertz CT molecular complexity index is 631. The molecule has 0 atom stereocenters. The van der Waals surface area contributed by atoms with Crippen LogP contribution in [0.15, 0.2) is 24.3 Å². The monoisotopic (exact) mass is 301 g/mol. The van der Waals surface area contributed by atoms with E-state index < -0.39 is 0 Å². The van der Waals surface area contributed by atoms with Crippen LogP contribution < -0.4 is 0 Å². The van der Waals surface area contributed by atoms with Crippen LogP contribution in [0.3, 0.4) is 0 Å². The predicted octanol–water partition coefficient (Wildman–Crippen LogP) is 2.79. The maximum atomic E-state index is 13.2. The highest BCUT2D eigenvalue weighted by atomic mass is 19.1. The van der Waals surface area contributed by atoms with Gasteiger partial charge >= 0.3 is 5.97 Å². The van der Waals surface area contributed by atoms with E-state index in [0.29, 0.717) is 18.6 Å². The molecule has 0 unspecified atom stereocenters. The summed E-state index contributed by atoms with van der Waals surface area (Å²) >= 11 is 0. The van der Waals surface area contributed by atoms with Gasteiger partial charge in [-0.1, -0.05) is 12.1 Å². The summed E-state index contributed by atoms with van der Waals surface area (Å²) in [4.78, 5) is 14.9. The highest BCUT2D eigenvalue weighted by Gasteiger charge is 2.40. The second-order valence-corrected chi connectivity index (χ2v) is 6.79. The molecule has 0 N–H and O–H groups in total. The zero-order valence-electron chi connectivity index (χ0n) is 12.6. The van der Waals surface area contributed by atoms with E-state index >= 15 is 0 Å². The average molecular weight is 301 g/mol. The van der Waals surface area contributed by atoms with Gasteiger partial charge < -0.3 is 9.64 Å². The average Bonchev–Trinajstić information content (AvgIpc) is 2.97. The third kappa shape index (κ3) is 2.35. The smallest absolute Gasteiger partial charge is 0.338 e. The maximum absolute atomic E-state index is 13.2. The number of allylic oxidation sites excluding steroid dienone is 1. The number of nitrogens with zero attached hydrogens (tertiary/aromatic N) is 1. The van der Waals surface area contributed by atoms with Gasteiger partial charge in [-0.15, -0.1) is 0 Å². The van der Waals surface area contributed by atoms with E-state index in [2.05, 4.69) is 4.90 Å². The topological polar surface area (TPSA) is 29.5 Å². The number of benzene rings is 1. The molecule has 4 heteroatoms. The van der Waals surface area contributed by atoms with E-state index in [1.807, 2.05) is 6.08 Å². The number of rotatable bonds is 3. The molecule has 116 valence electrons. The molecule has 1 aromatic carbocycles. The zero-order chi connectivity index (χ0) is 15.2. The lowest BCUT2D eigenvalue weighted by Gasteiger charge is -2.47. The lowest BCUT2D eigenvalue weighted by atomic mass is 9.73. The van der Waals surface area contributed by atoms with Crippen LogP contribution in [-0.2, 0) is 16.0 Å². The summed E-state index contributed by atoms with van der Waals surface area (Å²) in [6.45, 7) is 3.90. The van der Waals surface area contributed by atoms with Gasteiger partial charge in [-0.2, -0.15) is 0 Å². The summed E-state index contributed by atoms with van der Waals surface area (Å²) in [5.74, 6) is -0.512. The fourth-order valence-electron chi connectivity index (χ4n) is 3.92. The number of carbonyl (C=O) groups excluding carboxylic acids is 1. The molecule has 3 fully saturated rings. The first-order valence-electron chi connectivity index (χ1n) is 8.04. The van der Waals surface area contributed by atoms with Gasteiger partial charge in [-0.3, -0.25) is 0 Å². The highest BCUT2D eigenvalue weighted by Crippen LogP contribution is 2.40. The van der Waals surface area contributed by atoms with Crippen molar-refractivity contribution in [3.05, 3.63) is 41.2 Å². The Morgan fingerprint density at radius 2 is 1.95 bits per heavy atom. The molecule has 5 rings (SSSR count). The first kappa shape index (κ1) is 13.9. The fraction of sp³-hybridized carbons (Fsp3) is 0.500. The number of hydrogen-bond acceptors (Lipinski definition) is 3. The SMILES string of the molecule is O=C(OCC12CCN(CC1)CC2)C1=CCc2cc(F)ccc21. The quantitative estimate of drug-likeness (QED) is 0.804. The number of carbonyl (C=O) groups is 1. The summed E-state index contributed by atoms with van der Waals surface area (Å²) in [5, 5.41) is 0. The number of ether oxygens (including phenoxy) is 1. The fourth-order valence-corrected chi connectivity index (χ4v) is 3.92. The van der Waals surface area contributed by atoms with Gasteiger partial charge in [0.15, 0.2) is 0 Å². The molecule has 3 saturated heterocycles. The Morgan fingerprint density at radius 1 is 1.23 bits per heavy atom. The first-order valence-corrected chi connectivity index (χ1v) is 8.04. The van der Waals surface area contributed by atoms with Crippen LogP contribution in [-0.4, -0.2) is 37.1 Å². The van der Waals surface area contributed by atoms with E-state index in [0.717, 1.165) is 50.0 Å². The molecule has 22 heavy (non-hydrogen) atoms. The third-order valence-electron chi connectivity index (χ3n) is 5.49. The van der Waals surface area contributed by atoms with E-state index in [4.69, 9.17) is 4.74 Å². The molecule has 0 spiro atoms. The molecule has 3 heterocycles. The van der Waals surface area contributed by atoms with Crippen LogP contribution in [0, 0.1) is 11.2 Å². The van der Waals surface area contributed by atoms with Gasteiger partial charge in [0.25, 0.3) is 0 Å². The molecule has 1 aliphatic carbocycles. The van der Waals surface area contributed by atoms with Gasteiger partial charge in [0.05, 0.1) is 12.2 Å². The minimum Gasteiger partial charge on any atom is -0.461 e. The number of fused-ring (bicyclic) bond motifs is 4. The van der Waals surface area contributed by atoms with E-state index in [1.165, 1.54) is 12.1 Å². The molecule has 0 amide bonds. The molecule has 1 aromatic rings. The zero-order valence-corrected chi connectivity index (χ0v) is 12.6. The molecule has 4 aliphatic rings. The summed E-state index contributed by atoms with van der Waals surface area (Å²) in [6, 6.07) is 4.59. The molecule has 0 aromatic heterocycles. The lowest BCUT2D eigenvalue weighted by molar-refractivity contribution is -0.143. The minimum atomic E-state index is -0.257. The van der Waals surface area contributed by atoms with Gasteiger partial charge in [-0.05, 0) is 68.6 Å². The molecular formula is C18H20FNO2. The molecule has 3 aliphatic heterocycles. The van der Waals surface area contributed by atoms with Crippen LogP contribution in [0.5, 0.6) is 0 Å². The Morgan fingerprint density at radius 3 is 2.68 bits per heavy atom. The summed E-state index contributed by atoms with van der Waals surface area (Å²) in [7, 11) is 0. The highest BCUT2D eigenvalue weighted by molar-refractivity contribution is 6.18. The normalized spacial score (nSPS) is 29.1. The summed E-state index contributed by atoms with van der Waals surface area (Å²) in [6.07, 6.45) is 5.84. The largest absolute Gasteiger partial charge is 0.461 e. The van der Waals surface area contributed by atoms with Crippen LogP contribution in [0.1, 0.15) is 30.4 Å². The van der Waals surface area contributed by atoms with Crippen molar-refractivity contribution in [1.82, 2.24) is 4.90 Å². The predicted molar refractivity (Wildman–Crippen MR) is 81.8 cm³/mol. The van der Waals surface area contributed by atoms with E-state index in [9.17, 15) is 9.18 Å². The summed E-state index contributed by atoms with van der Waals surface area (Å²) in [5.41, 5.74) is 2.48. The van der Waals surface area contributed by atoms with Crippen LogP contribution >= 0.6 is 0 Å². The minimum absolute atomic E-state index is 0.190. The van der Waals surface area contributed by atoms with Crippen molar-refractivity contribution in [2.75, 3.05) is 26.2 Å². The third-order valence-corrected chi connectivity index (χ3v) is 5.49. The van der Waals surface area contributed by atoms with Crippen LogP contribution in [0.2, 0.25) is 0 Å². The Labute approximate surface area is 129 Å². The van der Waals surface area contributed by atoms with Crippen molar-refractivity contribution in [3.8, 4) is 0 Å². The Hall–Kier alpha value is -1.68. The lowest BCUT2D eigenvalue weighted by Crippen LogP contribution is -2.50. The van der Waals surface area contributed by atoms with Crippen molar-refractivity contribution in [1.29, 1.82) is 0 Å². The summed E-state index contributed by atoms with van der Waals surface area (Å²) < 4.78 is 18.9. The van der Waals surface area contributed by atoms with Crippen molar-refractivity contribution in [3.63, 3.8) is 0 Å². The molecule has 2 bridgehead atoms. The second kappa shape index (κ2) is 5.20. The van der Waals surface area contributed by atoms with Crippen molar-refractivity contribution in [2.45, 2.75) is 25.7 Å².